The number of halogens is 2. The van der Waals surface area contributed by atoms with Gasteiger partial charge in [-0.1, -0.05) is 29.4 Å². The maximum absolute atomic E-state index is 11.1. The zero-order chi connectivity index (χ0) is 13.1. The van der Waals surface area contributed by atoms with Gasteiger partial charge >= 0.3 is 0 Å². The minimum Gasteiger partial charge on any atom is -0.258 e. The molecule has 0 spiro atoms. The molecule has 0 aliphatic heterocycles. The van der Waals surface area contributed by atoms with Crippen LogP contribution in [0.4, 0.5) is 5.69 Å². The van der Waals surface area contributed by atoms with Crippen molar-refractivity contribution in [1.29, 1.82) is 0 Å². The number of para-hydroxylation sites is 1. The van der Waals surface area contributed by atoms with Gasteiger partial charge in [0.25, 0.3) is 5.69 Å². The molecule has 0 aliphatic carbocycles. The van der Waals surface area contributed by atoms with Crippen molar-refractivity contribution in [2.24, 2.45) is 0 Å². The van der Waals surface area contributed by atoms with Crippen molar-refractivity contribution in [3.05, 3.63) is 61.2 Å². The SMILES string of the molecule is O=[N+]([O-])c1c(I)cccc1Sc1ccc(Cl)cc1. The molecule has 2 aromatic carbocycles. The van der Waals surface area contributed by atoms with E-state index in [2.05, 4.69) is 0 Å². The molecule has 6 heteroatoms. The molecule has 0 aliphatic rings. The fraction of sp³-hybridized carbons (Fsp3) is 0. The zero-order valence-corrected chi connectivity index (χ0v) is 12.7. The first-order valence-corrected chi connectivity index (χ1v) is 7.21. The molecule has 0 atom stereocenters. The van der Waals surface area contributed by atoms with Gasteiger partial charge in [0.15, 0.2) is 0 Å². The smallest absolute Gasteiger partial charge is 0.258 e. The third-order valence-electron chi connectivity index (χ3n) is 2.17. The largest absolute Gasteiger partial charge is 0.296 e. The second kappa shape index (κ2) is 5.90. The van der Waals surface area contributed by atoms with Gasteiger partial charge in [-0.3, -0.25) is 10.1 Å². The summed E-state index contributed by atoms with van der Waals surface area (Å²) in [6.07, 6.45) is 0. The average molecular weight is 392 g/mol. The van der Waals surface area contributed by atoms with Crippen molar-refractivity contribution in [2.75, 3.05) is 0 Å². The first-order valence-electron chi connectivity index (χ1n) is 4.94. The van der Waals surface area contributed by atoms with E-state index in [1.54, 1.807) is 24.3 Å². The van der Waals surface area contributed by atoms with E-state index in [-0.39, 0.29) is 10.6 Å². The summed E-state index contributed by atoms with van der Waals surface area (Å²) in [5, 5.41) is 11.7. The van der Waals surface area contributed by atoms with Crippen molar-refractivity contribution < 1.29 is 4.92 Å². The van der Waals surface area contributed by atoms with Crippen molar-refractivity contribution in [3.63, 3.8) is 0 Å². The number of nitrogens with zero attached hydrogens (tertiary/aromatic N) is 1. The minimum absolute atomic E-state index is 0.151. The summed E-state index contributed by atoms with van der Waals surface area (Å²) < 4.78 is 0.636. The number of hydrogen-bond donors (Lipinski definition) is 0. The van der Waals surface area contributed by atoms with Gasteiger partial charge in [0.1, 0.15) is 0 Å². The molecular formula is C12H7ClINO2S. The van der Waals surface area contributed by atoms with Crippen LogP contribution in [0.15, 0.2) is 52.3 Å². The van der Waals surface area contributed by atoms with Gasteiger partial charge in [0.05, 0.1) is 13.4 Å². The Balaban J connectivity index is 2.37. The van der Waals surface area contributed by atoms with Crippen LogP contribution >= 0.6 is 46.0 Å². The van der Waals surface area contributed by atoms with Gasteiger partial charge in [-0.2, -0.15) is 0 Å². The van der Waals surface area contributed by atoms with E-state index in [9.17, 15) is 10.1 Å². The van der Waals surface area contributed by atoms with Crippen molar-refractivity contribution in [3.8, 4) is 0 Å². The van der Waals surface area contributed by atoms with Gasteiger partial charge in [-0.15, -0.1) is 0 Å². The molecule has 0 amide bonds. The van der Waals surface area contributed by atoms with Crippen LogP contribution in [0, 0.1) is 13.7 Å². The molecular weight excluding hydrogens is 385 g/mol. The lowest BCUT2D eigenvalue weighted by Gasteiger charge is -2.04. The molecule has 0 bridgehead atoms. The summed E-state index contributed by atoms with van der Waals surface area (Å²) in [5.74, 6) is 0. The Morgan fingerprint density at radius 3 is 2.44 bits per heavy atom. The quantitative estimate of drug-likeness (QED) is 0.420. The second-order valence-corrected chi connectivity index (χ2v) is 6.11. The van der Waals surface area contributed by atoms with Crippen LogP contribution in [-0.4, -0.2) is 4.92 Å². The first kappa shape index (κ1) is 13.6. The van der Waals surface area contributed by atoms with E-state index < -0.39 is 0 Å². The number of nitro benzene ring substituents is 1. The Bertz CT molecular complexity index is 589. The minimum atomic E-state index is -0.347. The van der Waals surface area contributed by atoms with E-state index in [1.807, 2.05) is 40.8 Å². The normalized spacial score (nSPS) is 10.3. The Morgan fingerprint density at radius 1 is 1.17 bits per heavy atom. The van der Waals surface area contributed by atoms with Crippen molar-refractivity contribution in [2.45, 2.75) is 9.79 Å². The third-order valence-corrected chi connectivity index (χ3v) is 4.35. The molecule has 0 N–H and O–H groups in total. The Kier molecular flexibility index (Phi) is 4.47. The Morgan fingerprint density at radius 2 is 1.83 bits per heavy atom. The van der Waals surface area contributed by atoms with Crippen LogP contribution in [0.3, 0.4) is 0 Å². The molecule has 92 valence electrons. The summed E-state index contributed by atoms with van der Waals surface area (Å²) in [6.45, 7) is 0. The number of nitro groups is 1. The molecule has 0 aromatic heterocycles. The number of benzene rings is 2. The number of hydrogen-bond acceptors (Lipinski definition) is 3. The molecule has 0 unspecified atom stereocenters. The Hall–Kier alpha value is -0.790. The molecule has 0 radical (unpaired) electrons. The van der Waals surface area contributed by atoms with E-state index in [4.69, 9.17) is 11.6 Å². The average Bonchev–Trinajstić information content (AvgIpc) is 2.32. The highest BCUT2D eigenvalue weighted by molar-refractivity contribution is 14.1. The van der Waals surface area contributed by atoms with Crippen LogP contribution in [0.2, 0.25) is 5.02 Å². The molecule has 2 rings (SSSR count). The molecule has 0 saturated carbocycles. The van der Waals surface area contributed by atoms with Crippen LogP contribution in [-0.2, 0) is 0 Å². The summed E-state index contributed by atoms with van der Waals surface area (Å²) in [7, 11) is 0. The second-order valence-electron chi connectivity index (χ2n) is 3.40. The van der Waals surface area contributed by atoms with Crippen LogP contribution in [0.25, 0.3) is 0 Å². The summed E-state index contributed by atoms with van der Waals surface area (Å²) in [5.41, 5.74) is 0.151. The van der Waals surface area contributed by atoms with Gasteiger partial charge in [0, 0.05) is 9.92 Å². The molecule has 0 saturated heterocycles. The monoisotopic (exact) mass is 391 g/mol. The van der Waals surface area contributed by atoms with Crippen LogP contribution < -0.4 is 0 Å². The highest BCUT2D eigenvalue weighted by Crippen LogP contribution is 2.37. The summed E-state index contributed by atoms with van der Waals surface area (Å²) >= 11 is 9.14. The van der Waals surface area contributed by atoms with E-state index in [1.165, 1.54) is 11.8 Å². The summed E-state index contributed by atoms with van der Waals surface area (Å²) in [4.78, 5) is 12.3. The van der Waals surface area contributed by atoms with Gasteiger partial charge in [0.2, 0.25) is 0 Å². The van der Waals surface area contributed by atoms with Gasteiger partial charge in [-0.25, -0.2) is 0 Å². The van der Waals surface area contributed by atoms with E-state index in [0.29, 0.717) is 13.5 Å². The third kappa shape index (κ3) is 3.15. The standard InChI is InChI=1S/C12H7ClINO2S/c13-8-4-6-9(7-5-8)18-11-3-1-2-10(14)12(11)15(16)17/h1-7H. The molecule has 0 heterocycles. The molecule has 3 nitrogen and oxygen atoms in total. The van der Waals surface area contributed by atoms with Crippen LogP contribution in [0.1, 0.15) is 0 Å². The molecule has 2 aromatic rings. The molecule has 0 fully saturated rings. The first-order chi connectivity index (χ1) is 8.58. The van der Waals surface area contributed by atoms with Gasteiger partial charge < -0.3 is 0 Å². The highest BCUT2D eigenvalue weighted by Gasteiger charge is 2.18. The van der Waals surface area contributed by atoms with E-state index in [0.717, 1.165) is 4.90 Å². The lowest BCUT2D eigenvalue weighted by atomic mass is 10.3. The van der Waals surface area contributed by atoms with Crippen molar-refractivity contribution in [1.82, 2.24) is 0 Å². The van der Waals surface area contributed by atoms with Gasteiger partial charge in [-0.05, 0) is 59.0 Å². The fourth-order valence-corrected chi connectivity index (χ4v) is 3.34. The fourth-order valence-electron chi connectivity index (χ4n) is 1.38. The maximum Gasteiger partial charge on any atom is 0.296 e. The van der Waals surface area contributed by atoms with Crippen molar-refractivity contribution >= 4 is 51.6 Å². The zero-order valence-electron chi connectivity index (χ0n) is 8.97. The summed E-state index contributed by atoms with van der Waals surface area (Å²) in [6, 6.07) is 12.5. The lowest BCUT2D eigenvalue weighted by molar-refractivity contribution is -0.388. The highest BCUT2D eigenvalue weighted by atomic mass is 127. The topological polar surface area (TPSA) is 43.1 Å². The Labute approximate surface area is 127 Å². The predicted molar refractivity (Wildman–Crippen MR) is 81.4 cm³/mol. The molecule has 18 heavy (non-hydrogen) atoms. The predicted octanol–water partition coefficient (Wildman–Crippen LogP) is 5.00. The number of rotatable bonds is 3. The van der Waals surface area contributed by atoms with E-state index >= 15 is 0 Å². The maximum atomic E-state index is 11.1. The van der Waals surface area contributed by atoms with Crippen LogP contribution in [0.5, 0.6) is 0 Å². The lowest BCUT2D eigenvalue weighted by Crippen LogP contribution is -1.93.